The molecule has 4 nitrogen and oxygen atoms in total. The van der Waals surface area contributed by atoms with Gasteiger partial charge in [-0.05, 0) is 62.2 Å². The number of rotatable bonds is 4. The number of hydrogen-bond acceptors (Lipinski definition) is 5. The van der Waals surface area contributed by atoms with Crippen molar-refractivity contribution in [1.29, 1.82) is 0 Å². The molecule has 0 radical (unpaired) electrons. The lowest BCUT2D eigenvalue weighted by atomic mass is 9.84. The zero-order valence-corrected chi connectivity index (χ0v) is 14.9. The van der Waals surface area contributed by atoms with Gasteiger partial charge in [-0.15, -0.1) is 11.3 Å². The predicted octanol–water partition coefficient (Wildman–Crippen LogP) is 3.43. The fourth-order valence-corrected chi connectivity index (χ4v) is 5.59. The van der Waals surface area contributed by atoms with Gasteiger partial charge in [0.1, 0.15) is 5.75 Å². The highest BCUT2D eigenvalue weighted by molar-refractivity contribution is 8.01. The molecule has 1 aromatic carbocycles. The SMILES string of the molecule is O=C(NC1CN2CCC1CC2)c1ccc(Sc2cccc(O)c2)s1. The highest BCUT2D eigenvalue weighted by atomic mass is 32.2. The van der Waals surface area contributed by atoms with E-state index in [4.69, 9.17) is 0 Å². The van der Waals surface area contributed by atoms with E-state index in [2.05, 4.69) is 10.2 Å². The van der Waals surface area contributed by atoms with Crippen molar-refractivity contribution >= 4 is 29.0 Å². The number of thiophene rings is 1. The largest absolute Gasteiger partial charge is 0.508 e. The first-order valence-electron chi connectivity index (χ1n) is 8.27. The molecule has 0 aliphatic carbocycles. The molecule has 2 aromatic rings. The van der Waals surface area contributed by atoms with Crippen molar-refractivity contribution in [3.8, 4) is 5.75 Å². The minimum Gasteiger partial charge on any atom is -0.508 e. The summed E-state index contributed by atoms with van der Waals surface area (Å²) in [6.45, 7) is 3.36. The third kappa shape index (κ3) is 3.45. The number of aromatic hydroxyl groups is 1. The maximum Gasteiger partial charge on any atom is 0.261 e. The molecule has 3 aliphatic rings. The zero-order valence-electron chi connectivity index (χ0n) is 13.3. The molecule has 2 bridgehead atoms. The molecule has 4 heterocycles. The molecule has 126 valence electrons. The highest BCUT2D eigenvalue weighted by Gasteiger charge is 2.35. The molecule has 1 aromatic heterocycles. The number of amides is 1. The van der Waals surface area contributed by atoms with Gasteiger partial charge < -0.3 is 15.3 Å². The van der Waals surface area contributed by atoms with Crippen molar-refractivity contribution in [3.05, 3.63) is 41.3 Å². The minimum absolute atomic E-state index is 0.0431. The molecule has 3 aliphatic heterocycles. The summed E-state index contributed by atoms with van der Waals surface area (Å²) in [5.41, 5.74) is 0. The fourth-order valence-electron chi connectivity index (χ4n) is 3.53. The normalized spacial score (nSPS) is 25.6. The Labute approximate surface area is 149 Å². The summed E-state index contributed by atoms with van der Waals surface area (Å²) in [6, 6.07) is 11.3. The first kappa shape index (κ1) is 16.0. The van der Waals surface area contributed by atoms with Crippen molar-refractivity contribution < 1.29 is 9.90 Å². The van der Waals surface area contributed by atoms with Crippen molar-refractivity contribution in [2.24, 2.45) is 5.92 Å². The average Bonchev–Trinajstić information content (AvgIpc) is 3.05. The van der Waals surface area contributed by atoms with E-state index in [0.29, 0.717) is 12.0 Å². The van der Waals surface area contributed by atoms with Gasteiger partial charge in [0.25, 0.3) is 5.91 Å². The van der Waals surface area contributed by atoms with Crippen LogP contribution in [0.25, 0.3) is 0 Å². The van der Waals surface area contributed by atoms with Gasteiger partial charge in [-0.2, -0.15) is 0 Å². The summed E-state index contributed by atoms with van der Waals surface area (Å²) in [7, 11) is 0. The Bertz CT molecular complexity index is 738. The van der Waals surface area contributed by atoms with Gasteiger partial charge >= 0.3 is 0 Å². The number of fused-ring (bicyclic) bond motifs is 3. The average molecular weight is 361 g/mol. The Hall–Kier alpha value is -1.50. The third-order valence-electron chi connectivity index (χ3n) is 4.81. The lowest BCUT2D eigenvalue weighted by Crippen LogP contribution is -2.57. The Morgan fingerprint density at radius 2 is 2.08 bits per heavy atom. The van der Waals surface area contributed by atoms with Crippen LogP contribution >= 0.6 is 23.1 Å². The van der Waals surface area contributed by atoms with Crippen molar-refractivity contribution in [3.63, 3.8) is 0 Å². The number of phenols is 1. The van der Waals surface area contributed by atoms with E-state index in [1.807, 2.05) is 24.3 Å². The van der Waals surface area contributed by atoms with Gasteiger partial charge in [-0.3, -0.25) is 4.79 Å². The maximum atomic E-state index is 12.5. The van der Waals surface area contributed by atoms with E-state index in [1.54, 1.807) is 23.9 Å². The Morgan fingerprint density at radius 3 is 2.79 bits per heavy atom. The zero-order chi connectivity index (χ0) is 16.5. The summed E-state index contributed by atoms with van der Waals surface area (Å²) in [6.07, 6.45) is 2.40. The number of hydrogen-bond donors (Lipinski definition) is 2. The molecule has 2 N–H and O–H groups in total. The van der Waals surface area contributed by atoms with Crippen LogP contribution < -0.4 is 5.32 Å². The number of carbonyl (C=O) groups excluding carboxylic acids is 1. The molecule has 24 heavy (non-hydrogen) atoms. The van der Waals surface area contributed by atoms with Gasteiger partial charge in [0, 0.05) is 17.5 Å². The van der Waals surface area contributed by atoms with E-state index in [-0.39, 0.29) is 11.7 Å². The molecule has 0 spiro atoms. The Morgan fingerprint density at radius 1 is 1.25 bits per heavy atom. The highest BCUT2D eigenvalue weighted by Crippen LogP contribution is 2.35. The van der Waals surface area contributed by atoms with Crippen LogP contribution in [0.5, 0.6) is 5.75 Å². The second-order valence-corrected chi connectivity index (χ2v) is 8.89. The first-order valence-corrected chi connectivity index (χ1v) is 9.90. The number of piperidine rings is 3. The van der Waals surface area contributed by atoms with Crippen LogP contribution in [0, 0.1) is 5.92 Å². The van der Waals surface area contributed by atoms with E-state index in [1.165, 1.54) is 37.3 Å². The summed E-state index contributed by atoms with van der Waals surface area (Å²) in [4.78, 5) is 16.7. The van der Waals surface area contributed by atoms with E-state index < -0.39 is 0 Å². The molecule has 6 heteroatoms. The van der Waals surface area contributed by atoms with Crippen molar-refractivity contribution in [1.82, 2.24) is 10.2 Å². The predicted molar refractivity (Wildman–Crippen MR) is 97.0 cm³/mol. The Balaban J connectivity index is 1.40. The molecule has 0 saturated carbocycles. The van der Waals surface area contributed by atoms with Crippen LogP contribution in [0.4, 0.5) is 0 Å². The second-order valence-electron chi connectivity index (χ2n) is 6.44. The minimum atomic E-state index is 0.0431. The van der Waals surface area contributed by atoms with Crippen molar-refractivity contribution in [2.45, 2.75) is 28.0 Å². The third-order valence-corrected chi connectivity index (χ3v) is 7.02. The molecule has 3 saturated heterocycles. The molecular weight excluding hydrogens is 340 g/mol. The summed E-state index contributed by atoms with van der Waals surface area (Å²) in [5.74, 6) is 0.943. The van der Waals surface area contributed by atoms with E-state index in [0.717, 1.165) is 20.5 Å². The number of carbonyl (C=O) groups is 1. The summed E-state index contributed by atoms with van der Waals surface area (Å²) < 4.78 is 1.06. The van der Waals surface area contributed by atoms with Gasteiger partial charge in [-0.1, -0.05) is 17.8 Å². The van der Waals surface area contributed by atoms with Crippen LogP contribution in [-0.4, -0.2) is 41.6 Å². The maximum absolute atomic E-state index is 12.5. The lowest BCUT2D eigenvalue weighted by molar-refractivity contribution is 0.0622. The van der Waals surface area contributed by atoms with Crippen LogP contribution in [0.2, 0.25) is 0 Å². The Kier molecular flexibility index (Phi) is 4.52. The lowest BCUT2D eigenvalue weighted by Gasteiger charge is -2.44. The number of benzene rings is 1. The quantitative estimate of drug-likeness (QED) is 0.877. The smallest absolute Gasteiger partial charge is 0.261 e. The molecule has 5 rings (SSSR count). The van der Waals surface area contributed by atoms with Gasteiger partial charge in [-0.25, -0.2) is 0 Å². The van der Waals surface area contributed by atoms with Crippen LogP contribution in [0.15, 0.2) is 45.5 Å². The molecule has 1 amide bonds. The van der Waals surface area contributed by atoms with Gasteiger partial charge in [0.05, 0.1) is 9.09 Å². The summed E-state index contributed by atoms with van der Waals surface area (Å²) >= 11 is 3.07. The first-order chi connectivity index (χ1) is 11.7. The number of nitrogens with one attached hydrogen (secondary N) is 1. The van der Waals surface area contributed by atoms with Gasteiger partial charge in [0.15, 0.2) is 0 Å². The molecule has 1 atom stereocenters. The fraction of sp³-hybridized carbons (Fsp3) is 0.389. The van der Waals surface area contributed by atoms with E-state index >= 15 is 0 Å². The second kappa shape index (κ2) is 6.78. The van der Waals surface area contributed by atoms with Gasteiger partial charge in [0.2, 0.25) is 0 Å². The van der Waals surface area contributed by atoms with Crippen molar-refractivity contribution in [2.75, 3.05) is 19.6 Å². The van der Waals surface area contributed by atoms with E-state index in [9.17, 15) is 9.90 Å². The molecule has 1 unspecified atom stereocenters. The van der Waals surface area contributed by atoms with Crippen LogP contribution in [0.3, 0.4) is 0 Å². The summed E-state index contributed by atoms with van der Waals surface area (Å²) in [5, 5.41) is 12.8. The standard InChI is InChI=1S/C18H20N2O2S2/c21-13-2-1-3-14(10-13)23-17-5-4-16(24-17)18(22)19-15-11-20-8-6-12(15)7-9-20/h1-5,10,12,15,21H,6-9,11H2,(H,19,22). The van der Waals surface area contributed by atoms with Crippen LogP contribution in [0.1, 0.15) is 22.5 Å². The molecule has 3 fully saturated rings. The monoisotopic (exact) mass is 360 g/mol. The topological polar surface area (TPSA) is 52.6 Å². The number of nitrogens with zero attached hydrogens (tertiary/aromatic N) is 1. The molecular formula is C18H20N2O2S2. The van der Waals surface area contributed by atoms with Crippen LogP contribution in [-0.2, 0) is 0 Å². The number of phenolic OH excluding ortho intramolecular Hbond substituents is 1.